The van der Waals surface area contributed by atoms with E-state index in [1.54, 1.807) is 0 Å². The topological polar surface area (TPSA) is 29.0 Å². The van der Waals surface area contributed by atoms with Crippen molar-refractivity contribution in [3.63, 3.8) is 0 Å². The third-order valence-corrected chi connectivity index (χ3v) is 3.66. The second kappa shape index (κ2) is 7.57. The number of hydrogen-bond acceptors (Lipinski definition) is 3. The van der Waals surface area contributed by atoms with E-state index in [4.69, 9.17) is 11.6 Å². The number of rotatable bonds is 7. The Morgan fingerprint density at radius 2 is 1.50 bits per heavy atom. The molecule has 0 bridgehead atoms. The van der Waals surface area contributed by atoms with Crippen LogP contribution in [0, 0.1) is 13.8 Å². The van der Waals surface area contributed by atoms with Crippen LogP contribution in [0.2, 0.25) is 5.15 Å². The van der Waals surface area contributed by atoms with Crippen LogP contribution in [0.5, 0.6) is 0 Å². The summed E-state index contributed by atoms with van der Waals surface area (Å²) in [5.74, 6) is 0.999. The van der Waals surface area contributed by atoms with Gasteiger partial charge in [-0.3, -0.25) is 0 Å². The molecular weight excluding hydrogens is 246 g/mol. The Morgan fingerprint density at radius 3 is 2.00 bits per heavy atom. The molecule has 0 aliphatic carbocycles. The highest BCUT2D eigenvalue weighted by Gasteiger charge is 2.14. The van der Waals surface area contributed by atoms with E-state index in [0.29, 0.717) is 5.15 Å². The SMILES string of the molecule is CCCCN(CCCC)c1nnc(Cl)c(C)c1C. The van der Waals surface area contributed by atoms with E-state index < -0.39 is 0 Å². The second-order valence-corrected chi connectivity index (χ2v) is 5.12. The molecule has 0 radical (unpaired) electrons. The van der Waals surface area contributed by atoms with Crippen molar-refractivity contribution in [1.82, 2.24) is 10.2 Å². The Labute approximate surface area is 116 Å². The quantitative estimate of drug-likeness (QED) is 0.744. The van der Waals surface area contributed by atoms with E-state index in [0.717, 1.165) is 30.0 Å². The first-order valence-corrected chi connectivity index (χ1v) is 7.23. The van der Waals surface area contributed by atoms with Crippen molar-refractivity contribution < 1.29 is 0 Å². The highest BCUT2D eigenvalue weighted by Crippen LogP contribution is 2.24. The van der Waals surface area contributed by atoms with Crippen LogP contribution in [-0.2, 0) is 0 Å². The largest absolute Gasteiger partial charge is 0.355 e. The standard InChI is InChI=1S/C14H24ClN3/c1-5-7-9-18(10-8-6-2)14-12(4)11(3)13(15)16-17-14/h5-10H2,1-4H3. The van der Waals surface area contributed by atoms with E-state index in [1.165, 1.54) is 25.7 Å². The molecule has 102 valence electrons. The number of halogens is 1. The van der Waals surface area contributed by atoms with Crippen molar-refractivity contribution in [2.75, 3.05) is 18.0 Å². The van der Waals surface area contributed by atoms with Gasteiger partial charge in [0.1, 0.15) is 0 Å². The van der Waals surface area contributed by atoms with Crippen LogP contribution in [0.15, 0.2) is 0 Å². The molecule has 3 nitrogen and oxygen atoms in total. The fourth-order valence-electron chi connectivity index (χ4n) is 1.89. The van der Waals surface area contributed by atoms with Gasteiger partial charge in [0.2, 0.25) is 0 Å². The van der Waals surface area contributed by atoms with Crippen molar-refractivity contribution in [3.8, 4) is 0 Å². The highest BCUT2D eigenvalue weighted by atomic mass is 35.5. The Balaban J connectivity index is 2.93. The van der Waals surface area contributed by atoms with E-state index in [9.17, 15) is 0 Å². The van der Waals surface area contributed by atoms with Gasteiger partial charge in [-0.05, 0) is 37.8 Å². The van der Waals surface area contributed by atoms with Crippen LogP contribution < -0.4 is 4.90 Å². The third-order valence-electron chi connectivity index (χ3n) is 3.30. The van der Waals surface area contributed by atoms with Gasteiger partial charge in [0.15, 0.2) is 11.0 Å². The summed E-state index contributed by atoms with van der Waals surface area (Å²) in [7, 11) is 0. The van der Waals surface area contributed by atoms with Gasteiger partial charge in [-0.1, -0.05) is 38.3 Å². The zero-order valence-electron chi connectivity index (χ0n) is 12.0. The van der Waals surface area contributed by atoms with Crippen molar-refractivity contribution >= 4 is 17.4 Å². The van der Waals surface area contributed by atoms with Crippen molar-refractivity contribution in [1.29, 1.82) is 0 Å². The molecule has 0 amide bonds. The molecule has 1 aromatic heterocycles. The Bertz CT molecular complexity index is 372. The summed E-state index contributed by atoms with van der Waals surface area (Å²) in [6.45, 7) is 10.6. The molecule has 0 aliphatic heterocycles. The third kappa shape index (κ3) is 3.84. The Kier molecular flexibility index (Phi) is 6.41. The Hall–Kier alpha value is -0.830. The second-order valence-electron chi connectivity index (χ2n) is 4.76. The summed E-state index contributed by atoms with van der Waals surface area (Å²) in [6, 6.07) is 0. The number of anilines is 1. The van der Waals surface area contributed by atoms with E-state index in [2.05, 4.69) is 35.9 Å². The monoisotopic (exact) mass is 269 g/mol. The van der Waals surface area contributed by atoms with Crippen LogP contribution in [0.1, 0.15) is 50.7 Å². The summed E-state index contributed by atoms with van der Waals surface area (Å²) in [6.07, 6.45) is 4.77. The van der Waals surface area contributed by atoms with Gasteiger partial charge in [0.25, 0.3) is 0 Å². The minimum absolute atomic E-state index is 0.516. The summed E-state index contributed by atoms with van der Waals surface area (Å²) in [4.78, 5) is 2.35. The zero-order chi connectivity index (χ0) is 13.5. The van der Waals surface area contributed by atoms with E-state index in [-0.39, 0.29) is 0 Å². The van der Waals surface area contributed by atoms with Gasteiger partial charge in [-0.2, -0.15) is 0 Å². The lowest BCUT2D eigenvalue weighted by atomic mass is 10.1. The molecule has 0 fully saturated rings. The maximum absolute atomic E-state index is 6.01. The molecule has 0 unspecified atom stereocenters. The molecule has 0 aliphatic rings. The van der Waals surface area contributed by atoms with Crippen LogP contribution in [0.4, 0.5) is 5.82 Å². The molecule has 1 heterocycles. The van der Waals surface area contributed by atoms with Crippen LogP contribution in [0.3, 0.4) is 0 Å². The molecule has 1 aromatic rings. The average molecular weight is 270 g/mol. The van der Waals surface area contributed by atoms with Crippen molar-refractivity contribution in [3.05, 3.63) is 16.3 Å². The number of unbranched alkanes of at least 4 members (excludes halogenated alkanes) is 2. The smallest absolute Gasteiger partial charge is 0.155 e. The van der Waals surface area contributed by atoms with E-state index >= 15 is 0 Å². The Morgan fingerprint density at radius 1 is 0.944 bits per heavy atom. The molecule has 0 atom stereocenters. The van der Waals surface area contributed by atoms with Crippen molar-refractivity contribution in [2.24, 2.45) is 0 Å². The summed E-state index contributed by atoms with van der Waals surface area (Å²) < 4.78 is 0. The summed E-state index contributed by atoms with van der Waals surface area (Å²) in [5.41, 5.74) is 2.20. The van der Waals surface area contributed by atoms with Gasteiger partial charge in [0.05, 0.1) is 0 Å². The van der Waals surface area contributed by atoms with Crippen molar-refractivity contribution in [2.45, 2.75) is 53.4 Å². The fraction of sp³-hybridized carbons (Fsp3) is 0.714. The summed E-state index contributed by atoms with van der Waals surface area (Å²) >= 11 is 6.01. The summed E-state index contributed by atoms with van der Waals surface area (Å²) in [5, 5.41) is 8.86. The zero-order valence-corrected chi connectivity index (χ0v) is 12.7. The first-order valence-electron chi connectivity index (χ1n) is 6.86. The van der Waals surface area contributed by atoms with Gasteiger partial charge < -0.3 is 4.90 Å². The van der Waals surface area contributed by atoms with Crippen LogP contribution in [-0.4, -0.2) is 23.3 Å². The van der Waals surface area contributed by atoms with Gasteiger partial charge in [-0.25, -0.2) is 0 Å². The molecule has 0 spiro atoms. The average Bonchev–Trinajstić information content (AvgIpc) is 2.37. The minimum atomic E-state index is 0.516. The van der Waals surface area contributed by atoms with Crippen LogP contribution >= 0.6 is 11.6 Å². The lowest BCUT2D eigenvalue weighted by Crippen LogP contribution is -2.28. The van der Waals surface area contributed by atoms with Gasteiger partial charge in [-0.15, -0.1) is 10.2 Å². The predicted octanol–water partition coefficient (Wildman–Crippen LogP) is 4.15. The maximum atomic E-state index is 6.01. The highest BCUT2D eigenvalue weighted by molar-refractivity contribution is 6.30. The molecule has 4 heteroatoms. The van der Waals surface area contributed by atoms with Crippen LogP contribution in [0.25, 0.3) is 0 Å². The predicted molar refractivity (Wildman–Crippen MR) is 78.5 cm³/mol. The molecule has 0 saturated carbocycles. The van der Waals surface area contributed by atoms with E-state index in [1.807, 2.05) is 6.92 Å². The van der Waals surface area contributed by atoms with Gasteiger partial charge >= 0.3 is 0 Å². The molecule has 18 heavy (non-hydrogen) atoms. The lowest BCUT2D eigenvalue weighted by molar-refractivity contribution is 0.664. The number of aromatic nitrogens is 2. The minimum Gasteiger partial charge on any atom is -0.355 e. The molecule has 0 aromatic carbocycles. The molecule has 0 N–H and O–H groups in total. The lowest BCUT2D eigenvalue weighted by Gasteiger charge is -2.25. The fourth-order valence-corrected chi connectivity index (χ4v) is 2.07. The molecule has 0 saturated heterocycles. The number of nitrogens with zero attached hydrogens (tertiary/aromatic N) is 3. The first-order chi connectivity index (χ1) is 8.61. The maximum Gasteiger partial charge on any atom is 0.155 e. The molecular formula is C14H24ClN3. The normalized spacial score (nSPS) is 10.7. The number of hydrogen-bond donors (Lipinski definition) is 0. The van der Waals surface area contributed by atoms with Gasteiger partial charge in [0, 0.05) is 13.1 Å². The molecule has 1 rings (SSSR count). The first kappa shape index (κ1) is 15.2.